The second-order valence-electron chi connectivity index (χ2n) is 6.27. The molecule has 1 heterocycles. The molecule has 142 valence electrons. The zero-order valence-corrected chi connectivity index (χ0v) is 16.6. The van der Waals surface area contributed by atoms with Crippen LogP contribution in [0.3, 0.4) is 0 Å². The molecule has 29 heavy (non-hydrogen) atoms. The van der Waals surface area contributed by atoms with Gasteiger partial charge < -0.3 is 0 Å². The Bertz CT molecular complexity index is 1160. The van der Waals surface area contributed by atoms with Crippen molar-refractivity contribution in [1.82, 2.24) is 0 Å². The molecule has 0 unspecified atom stereocenters. The number of carbonyl (C=O) groups excluding carboxylic acids is 1. The Morgan fingerprint density at radius 3 is 2.24 bits per heavy atom. The maximum atomic E-state index is 13.2. The fourth-order valence-electron chi connectivity index (χ4n) is 3.01. The Kier molecular flexibility index (Phi) is 5.05. The smallest absolute Gasteiger partial charge is 0.266 e. The van der Waals surface area contributed by atoms with Crippen molar-refractivity contribution >= 4 is 45.1 Å². The SMILES string of the molecule is O=C1/C(=C\c2ccc([N+](=O)[O-])cc2)N=C(c2ccccc2Br)N1c1ccccc1. The summed E-state index contributed by atoms with van der Waals surface area (Å²) in [6, 6.07) is 22.8. The van der Waals surface area contributed by atoms with E-state index in [4.69, 9.17) is 0 Å². The first kappa shape index (κ1) is 18.8. The molecule has 3 aromatic rings. The van der Waals surface area contributed by atoms with Gasteiger partial charge in [-0.05, 0) is 42.0 Å². The Balaban J connectivity index is 1.80. The van der Waals surface area contributed by atoms with Gasteiger partial charge in [0.05, 0.1) is 10.6 Å². The average Bonchev–Trinajstić information content (AvgIpc) is 3.05. The molecule has 0 spiro atoms. The van der Waals surface area contributed by atoms with E-state index in [1.165, 1.54) is 12.1 Å². The van der Waals surface area contributed by atoms with Crippen LogP contribution in [0.25, 0.3) is 6.08 Å². The van der Waals surface area contributed by atoms with Gasteiger partial charge in [0, 0.05) is 22.2 Å². The molecule has 0 aliphatic carbocycles. The zero-order valence-electron chi connectivity index (χ0n) is 15.0. The summed E-state index contributed by atoms with van der Waals surface area (Å²) in [4.78, 5) is 29.8. The number of hydrogen-bond acceptors (Lipinski definition) is 4. The number of rotatable bonds is 4. The zero-order chi connectivity index (χ0) is 20.4. The second-order valence-corrected chi connectivity index (χ2v) is 7.12. The standard InChI is InChI=1S/C22H14BrN3O3/c23-19-9-5-4-8-18(19)21-24-20(14-15-10-12-17(13-11-15)26(28)29)22(27)25(21)16-6-2-1-3-7-16/h1-14H/b20-14+. The van der Waals surface area contributed by atoms with Gasteiger partial charge in [0.25, 0.3) is 11.6 Å². The molecule has 0 bridgehead atoms. The van der Waals surface area contributed by atoms with Crippen LogP contribution in [0.5, 0.6) is 0 Å². The van der Waals surface area contributed by atoms with Crippen molar-refractivity contribution in [1.29, 1.82) is 0 Å². The van der Waals surface area contributed by atoms with Crippen LogP contribution in [0.2, 0.25) is 0 Å². The van der Waals surface area contributed by atoms with Crippen LogP contribution in [0.4, 0.5) is 11.4 Å². The molecular weight excluding hydrogens is 434 g/mol. The molecule has 0 saturated heterocycles. The first-order valence-corrected chi connectivity index (χ1v) is 9.53. The number of non-ortho nitro benzene ring substituents is 1. The molecule has 0 N–H and O–H groups in total. The lowest BCUT2D eigenvalue weighted by Crippen LogP contribution is -2.32. The molecule has 0 fully saturated rings. The van der Waals surface area contributed by atoms with Gasteiger partial charge in [0.1, 0.15) is 11.5 Å². The molecule has 7 heteroatoms. The quantitative estimate of drug-likeness (QED) is 0.313. The van der Waals surface area contributed by atoms with E-state index in [2.05, 4.69) is 20.9 Å². The number of nitro benzene ring substituents is 1. The van der Waals surface area contributed by atoms with E-state index in [0.717, 1.165) is 10.0 Å². The number of para-hydroxylation sites is 1. The number of amidine groups is 1. The predicted molar refractivity (Wildman–Crippen MR) is 116 cm³/mol. The molecule has 6 nitrogen and oxygen atoms in total. The molecular formula is C22H14BrN3O3. The third-order valence-corrected chi connectivity index (χ3v) is 5.09. The molecule has 1 aliphatic rings. The highest BCUT2D eigenvalue weighted by Crippen LogP contribution is 2.30. The lowest BCUT2D eigenvalue weighted by Gasteiger charge is -2.19. The summed E-state index contributed by atoms with van der Waals surface area (Å²) < 4.78 is 0.823. The number of benzene rings is 3. The number of nitro groups is 1. The predicted octanol–water partition coefficient (Wildman–Crippen LogP) is 5.19. The van der Waals surface area contributed by atoms with E-state index in [9.17, 15) is 14.9 Å². The van der Waals surface area contributed by atoms with Crippen molar-refractivity contribution in [3.8, 4) is 0 Å². The van der Waals surface area contributed by atoms with Crippen LogP contribution in [0, 0.1) is 10.1 Å². The number of carbonyl (C=O) groups is 1. The lowest BCUT2D eigenvalue weighted by atomic mass is 10.1. The van der Waals surface area contributed by atoms with Crippen LogP contribution < -0.4 is 4.90 Å². The molecule has 4 rings (SSSR count). The van der Waals surface area contributed by atoms with Crippen molar-refractivity contribution in [2.75, 3.05) is 4.90 Å². The minimum Gasteiger partial charge on any atom is -0.266 e. The average molecular weight is 448 g/mol. The fraction of sp³-hybridized carbons (Fsp3) is 0. The van der Waals surface area contributed by atoms with Gasteiger partial charge in [-0.25, -0.2) is 4.99 Å². The molecule has 0 aromatic heterocycles. The van der Waals surface area contributed by atoms with E-state index in [-0.39, 0.29) is 17.3 Å². The maximum absolute atomic E-state index is 13.2. The number of anilines is 1. The molecule has 0 saturated carbocycles. The van der Waals surface area contributed by atoms with Gasteiger partial charge in [-0.1, -0.05) is 52.3 Å². The van der Waals surface area contributed by atoms with Crippen LogP contribution in [-0.4, -0.2) is 16.7 Å². The summed E-state index contributed by atoms with van der Waals surface area (Å²) in [5, 5.41) is 10.8. The first-order valence-electron chi connectivity index (χ1n) is 8.74. The Morgan fingerprint density at radius 1 is 0.931 bits per heavy atom. The highest BCUT2D eigenvalue weighted by molar-refractivity contribution is 9.10. The van der Waals surface area contributed by atoms with E-state index in [1.807, 2.05) is 54.6 Å². The number of hydrogen-bond donors (Lipinski definition) is 0. The first-order chi connectivity index (χ1) is 14.0. The topological polar surface area (TPSA) is 75.8 Å². The molecule has 3 aromatic carbocycles. The molecule has 1 aliphatic heterocycles. The van der Waals surface area contributed by atoms with Crippen LogP contribution in [0.15, 0.2) is 94.0 Å². The number of halogens is 1. The Labute approximate surface area is 175 Å². The number of amides is 1. The van der Waals surface area contributed by atoms with Gasteiger partial charge in [-0.15, -0.1) is 0 Å². The van der Waals surface area contributed by atoms with E-state index in [0.29, 0.717) is 17.1 Å². The highest BCUT2D eigenvalue weighted by atomic mass is 79.9. The van der Waals surface area contributed by atoms with Gasteiger partial charge in [0.15, 0.2) is 0 Å². The van der Waals surface area contributed by atoms with Crippen molar-refractivity contribution in [3.63, 3.8) is 0 Å². The van der Waals surface area contributed by atoms with E-state index < -0.39 is 4.92 Å². The van der Waals surface area contributed by atoms with Gasteiger partial charge in [0.2, 0.25) is 0 Å². The third kappa shape index (κ3) is 3.72. The van der Waals surface area contributed by atoms with Gasteiger partial charge in [-0.2, -0.15) is 0 Å². The summed E-state index contributed by atoms with van der Waals surface area (Å²) in [6.07, 6.45) is 1.63. The molecule has 0 atom stereocenters. The third-order valence-electron chi connectivity index (χ3n) is 4.40. The summed E-state index contributed by atoms with van der Waals surface area (Å²) in [5.41, 5.74) is 2.40. The van der Waals surface area contributed by atoms with Crippen molar-refractivity contribution in [2.24, 2.45) is 4.99 Å². The van der Waals surface area contributed by atoms with Crippen LogP contribution in [0.1, 0.15) is 11.1 Å². The number of aliphatic imine (C=N–C) groups is 1. The van der Waals surface area contributed by atoms with Gasteiger partial charge >= 0.3 is 0 Å². The van der Waals surface area contributed by atoms with Crippen LogP contribution in [-0.2, 0) is 4.79 Å². The van der Waals surface area contributed by atoms with E-state index in [1.54, 1.807) is 23.1 Å². The largest absolute Gasteiger partial charge is 0.282 e. The maximum Gasteiger partial charge on any atom is 0.282 e. The normalized spacial score (nSPS) is 14.9. The minimum atomic E-state index is -0.460. The minimum absolute atomic E-state index is 0.00628. The second kappa shape index (κ2) is 7.81. The summed E-state index contributed by atoms with van der Waals surface area (Å²) in [5.74, 6) is 0.252. The van der Waals surface area contributed by atoms with Crippen molar-refractivity contribution in [3.05, 3.63) is 110 Å². The lowest BCUT2D eigenvalue weighted by molar-refractivity contribution is -0.384. The summed E-state index contributed by atoms with van der Waals surface area (Å²) >= 11 is 3.53. The Morgan fingerprint density at radius 2 is 1.59 bits per heavy atom. The molecule has 1 amide bonds. The fourth-order valence-corrected chi connectivity index (χ4v) is 3.47. The van der Waals surface area contributed by atoms with Gasteiger partial charge in [-0.3, -0.25) is 19.8 Å². The number of nitrogens with zero attached hydrogens (tertiary/aromatic N) is 3. The summed E-state index contributed by atoms with van der Waals surface area (Å²) in [6.45, 7) is 0. The van der Waals surface area contributed by atoms with E-state index >= 15 is 0 Å². The monoisotopic (exact) mass is 447 g/mol. The highest BCUT2D eigenvalue weighted by Gasteiger charge is 2.33. The van der Waals surface area contributed by atoms with Crippen molar-refractivity contribution < 1.29 is 9.72 Å². The summed E-state index contributed by atoms with van der Waals surface area (Å²) in [7, 11) is 0. The van der Waals surface area contributed by atoms with Crippen molar-refractivity contribution in [2.45, 2.75) is 0 Å². The molecule has 0 radical (unpaired) electrons. The Hall–Kier alpha value is -3.58. The van der Waals surface area contributed by atoms with Crippen LogP contribution >= 0.6 is 15.9 Å².